The number of thiocarbonyl (C=S) groups is 1. The molecule has 0 spiro atoms. The summed E-state index contributed by atoms with van der Waals surface area (Å²) >= 11 is 5.61. The van der Waals surface area contributed by atoms with E-state index in [0.717, 1.165) is 40.5 Å². The molecule has 0 atom stereocenters. The molecule has 2 aromatic rings. The molecule has 2 aromatic carbocycles. The summed E-state index contributed by atoms with van der Waals surface area (Å²) < 4.78 is 5.62. The Kier molecular flexibility index (Phi) is 6.45. The van der Waals surface area contributed by atoms with Crippen LogP contribution in [0.4, 0.5) is 5.69 Å². The first-order valence-corrected chi connectivity index (χ1v) is 9.83. The third-order valence-corrected chi connectivity index (χ3v) is 5.49. The van der Waals surface area contributed by atoms with Crippen LogP contribution in [0.15, 0.2) is 42.5 Å². The third kappa shape index (κ3) is 5.07. The molecule has 0 aromatic heterocycles. The summed E-state index contributed by atoms with van der Waals surface area (Å²) in [5.41, 5.74) is 4.07. The quantitative estimate of drug-likeness (QED) is 0.774. The molecule has 1 heterocycles. The number of hydrogen-bond donors (Lipinski definition) is 1. The second-order valence-corrected chi connectivity index (χ2v) is 7.35. The average Bonchev–Trinajstić information content (AvgIpc) is 2.70. The monoisotopic (exact) mass is 382 g/mol. The number of hydrogen-bond acceptors (Lipinski definition) is 3. The second kappa shape index (κ2) is 9.00. The highest BCUT2D eigenvalue weighted by Crippen LogP contribution is 2.19. The fourth-order valence-electron chi connectivity index (χ4n) is 3.19. The van der Waals surface area contributed by atoms with Gasteiger partial charge in [-0.05, 0) is 74.6 Å². The number of rotatable bonds is 5. The lowest BCUT2D eigenvalue weighted by Gasteiger charge is -2.29. The van der Waals surface area contributed by atoms with E-state index >= 15 is 0 Å². The lowest BCUT2D eigenvalue weighted by atomic mass is 10.1. The van der Waals surface area contributed by atoms with Crippen molar-refractivity contribution >= 4 is 28.8 Å². The normalized spacial score (nSPS) is 13.9. The fourth-order valence-corrected chi connectivity index (χ4v) is 3.51. The zero-order chi connectivity index (χ0) is 19.2. The van der Waals surface area contributed by atoms with Crippen molar-refractivity contribution in [3.63, 3.8) is 0 Å². The van der Waals surface area contributed by atoms with E-state index in [-0.39, 0.29) is 12.5 Å². The summed E-state index contributed by atoms with van der Waals surface area (Å²) in [7, 11) is 0. The van der Waals surface area contributed by atoms with Gasteiger partial charge in [0.2, 0.25) is 0 Å². The van der Waals surface area contributed by atoms with Crippen molar-refractivity contribution in [3.05, 3.63) is 59.2 Å². The Morgan fingerprint density at radius 2 is 1.78 bits per heavy atom. The maximum absolute atomic E-state index is 12.2. The van der Waals surface area contributed by atoms with E-state index in [1.54, 1.807) is 0 Å². The molecule has 27 heavy (non-hydrogen) atoms. The predicted octanol–water partition coefficient (Wildman–Crippen LogP) is 4.48. The highest BCUT2D eigenvalue weighted by molar-refractivity contribution is 7.80. The van der Waals surface area contributed by atoms with Crippen LogP contribution in [-0.4, -0.2) is 35.5 Å². The molecule has 1 fully saturated rings. The summed E-state index contributed by atoms with van der Waals surface area (Å²) in [6, 6.07) is 13.5. The highest BCUT2D eigenvalue weighted by Gasteiger charge is 2.15. The molecule has 0 bridgehead atoms. The van der Waals surface area contributed by atoms with Gasteiger partial charge in [0, 0.05) is 24.3 Å². The number of likely N-dealkylation sites (tertiary alicyclic amines) is 1. The van der Waals surface area contributed by atoms with Gasteiger partial charge in [-0.15, -0.1) is 0 Å². The number of anilines is 1. The van der Waals surface area contributed by atoms with Gasteiger partial charge >= 0.3 is 0 Å². The van der Waals surface area contributed by atoms with E-state index in [1.165, 1.54) is 19.3 Å². The number of benzene rings is 2. The third-order valence-electron chi connectivity index (χ3n) is 4.99. The SMILES string of the molecule is Cc1cccc(NC(=O)COc2ccc(C(=S)N3CCCCC3)cc2)c1C. The first kappa shape index (κ1) is 19.4. The molecule has 0 saturated carbocycles. The number of nitrogens with zero attached hydrogens (tertiary/aromatic N) is 1. The van der Waals surface area contributed by atoms with Crippen LogP contribution < -0.4 is 10.1 Å². The van der Waals surface area contributed by atoms with E-state index in [0.29, 0.717) is 5.75 Å². The Labute approximate surface area is 166 Å². The van der Waals surface area contributed by atoms with Crippen LogP contribution in [0.1, 0.15) is 36.0 Å². The molecule has 1 saturated heterocycles. The van der Waals surface area contributed by atoms with Gasteiger partial charge in [-0.3, -0.25) is 4.79 Å². The number of nitrogens with one attached hydrogen (secondary N) is 1. The Balaban J connectivity index is 1.53. The minimum absolute atomic E-state index is 0.0245. The zero-order valence-electron chi connectivity index (χ0n) is 16.0. The van der Waals surface area contributed by atoms with E-state index in [1.807, 2.05) is 56.3 Å². The van der Waals surface area contributed by atoms with Crippen LogP contribution in [0.5, 0.6) is 5.75 Å². The van der Waals surface area contributed by atoms with Crippen LogP contribution in [0.3, 0.4) is 0 Å². The molecule has 0 unspecified atom stereocenters. The van der Waals surface area contributed by atoms with Gasteiger partial charge in [-0.1, -0.05) is 24.4 Å². The maximum Gasteiger partial charge on any atom is 0.262 e. The summed E-state index contributed by atoms with van der Waals surface area (Å²) in [5.74, 6) is 0.493. The molecule has 1 N–H and O–H groups in total. The molecule has 142 valence electrons. The minimum atomic E-state index is -0.170. The van der Waals surface area contributed by atoms with Crippen molar-refractivity contribution in [1.29, 1.82) is 0 Å². The average molecular weight is 383 g/mol. The minimum Gasteiger partial charge on any atom is -0.484 e. The summed E-state index contributed by atoms with van der Waals surface area (Å²) in [6.07, 6.45) is 3.70. The predicted molar refractivity (Wildman–Crippen MR) is 114 cm³/mol. The summed E-state index contributed by atoms with van der Waals surface area (Å²) in [5, 5.41) is 2.90. The zero-order valence-corrected chi connectivity index (χ0v) is 16.8. The fraction of sp³-hybridized carbons (Fsp3) is 0.364. The Bertz CT molecular complexity index is 812. The molecule has 5 heteroatoms. The van der Waals surface area contributed by atoms with Crippen LogP contribution in [0.25, 0.3) is 0 Å². The lowest BCUT2D eigenvalue weighted by molar-refractivity contribution is -0.118. The smallest absolute Gasteiger partial charge is 0.262 e. The summed E-state index contributed by atoms with van der Waals surface area (Å²) in [4.78, 5) is 15.3. The molecule has 1 aliphatic rings. The van der Waals surface area contributed by atoms with Crippen molar-refractivity contribution < 1.29 is 9.53 Å². The number of carbonyl (C=O) groups excluding carboxylic acids is 1. The summed E-state index contributed by atoms with van der Waals surface area (Å²) in [6.45, 7) is 6.07. The van der Waals surface area contributed by atoms with Crippen molar-refractivity contribution in [3.8, 4) is 5.75 Å². The van der Waals surface area contributed by atoms with Gasteiger partial charge in [0.25, 0.3) is 5.91 Å². The van der Waals surface area contributed by atoms with Crippen LogP contribution in [0.2, 0.25) is 0 Å². The van der Waals surface area contributed by atoms with E-state index in [2.05, 4.69) is 10.2 Å². The number of ether oxygens (including phenoxy) is 1. The van der Waals surface area contributed by atoms with E-state index in [4.69, 9.17) is 17.0 Å². The second-order valence-electron chi connectivity index (χ2n) is 6.96. The maximum atomic E-state index is 12.2. The van der Waals surface area contributed by atoms with Gasteiger partial charge in [-0.25, -0.2) is 0 Å². The molecule has 4 nitrogen and oxygen atoms in total. The first-order valence-electron chi connectivity index (χ1n) is 9.43. The van der Waals surface area contributed by atoms with E-state index < -0.39 is 0 Å². The van der Waals surface area contributed by atoms with Crippen molar-refractivity contribution in [2.24, 2.45) is 0 Å². The highest BCUT2D eigenvalue weighted by atomic mass is 32.1. The number of piperidine rings is 1. The molecule has 1 amide bonds. The molecule has 1 aliphatic heterocycles. The van der Waals surface area contributed by atoms with Crippen molar-refractivity contribution in [1.82, 2.24) is 4.90 Å². The molecule has 3 rings (SSSR count). The molecular formula is C22H26N2O2S. The number of carbonyl (C=O) groups is 1. The van der Waals surface area contributed by atoms with Gasteiger partial charge in [-0.2, -0.15) is 0 Å². The largest absolute Gasteiger partial charge is 0.484 e. The van der Waals surface area contributed by atoms with Gasteiger partial charge in [0.05, 0.1) is 0 Å². The Hall–Kier alpha value is -2.40. The lowest BCUT2D eigenvalue weighted by Crippen LogP contribution is -2.34. The van der Waals surface area contributed by atoms with Gasteiger partial charge in [0.15, 0.2) is 6.61 Å². The van der Waals surface area contributed by atoms with Crippen LogP contribution >= 0.6 is 12.2 Å². The van der Waals surface area contributed by atoms with Crippen molar-refractivity contribution in [2.45, 2.75) is 33.1 Å². The number of amides is 1. The molecule has 0 radical (unpaired) electrons. The topological polar surface area (TPSA) is 41.6 Å². The molecular weight excluding hydrogens is 356 g/mol. The van der Waals surface area contributed by atoms with Gasteiger partial charge in [0.1, 0.15) is 10.7 Å². The first-order chi connectivity index (χ1) is 13.0. The van der Waals surface area contributed by atoms with E-state index in [9.17, 15) is 4.79 Å². The van der Waals surface area contributed by atoms with Crippen LogP contribution in [0, 0.1) is 13.8 Å². The van der Waals surface area contributed by atoms with Crippen molar-refractivity contribution in [2.75, 3.05) is 25.0 Å². The standard InChI is InChI=1S/C22H26N2O2S/c1-16-7-6-8-20(17(16)2)23-21(25)15-26-19-11-9-18(10-12-19)22(27)24-13-4-3-5-14-24/h6-12H,3-5,13-15H2,1-2H3,(H,23,25). The number of aryl methyl sites for hydroxylation is 1. The Morgan fingerprint density at radius 3 is 2.48 bits per heavy atom. The molecule has 0 aliphatic carbocycles. The van der Waals surface area contributed by atoms with Gasteiger partial charge < -0.3 is 15.0 Å². The Morgan fingerprint density at radius 1 is 1.07 bits per heavy atom. The van der Waals surface area contributed by atoms with Crippen LogP contribution in [-0.2, 0) is 4.79 Å².